The monoisotopic (exact) mass is 336 g/mol. The van der Waals surface area contributed by atoms with Gasteiger partial charge in [0.1, 0.15) is 0 Å². The highest BCUT2D eigenvalue weighted by Gasteiger charge is 2.23. The van der Waals surface area contributed by atoms with Crippen LogP contribution in [0, 0.1) is 5.92 Å². The lowest BCUT2D eigenvalue weighted by Crippen LogP contribution is -2.50. The quantitative estimate of drug-likeness (QED) is 0.794. The van der Waals surface area contributed by atoms with Crippen molar-refractivity contribution in [3.8, 4) is 17.2 Å². The fourth-order valence-corrected chi connectivity index (χ4v) is 3.07. The van der Waals surface area contributed by atoms with E-state index in [1.807, 2.05) is 12.1 Å². The van der Waals surface area contributed by atoms with Crippen molar-refractivity contribution < 1.29 is 19.0 Å². The standard InChI is InChI=1S/C18H28N2O4/c1-12-9-10-19-11-14(12)20-16(21)8-6-13-5-7-15(22-2)18(24-4)17(13)23-3/h5,7,12,14,19H,6,8-11H2,1-4H3,(H,20,21). The molecule has 1 fully saturated rings. The zero-order chi connectivity index (χ0) is 17.5. The lowest BCUT2D eigenvalue weighted by atomic mass is 9.94. The largest absolute Gasteiger partial charge is 0.493 e. The zero-order valence-electron chi connectivity index (χ0n) is 15.0. The van der Waals surface area contributed by atoms with E-state index in [1.54, 1.807) is 21.3 Å². The second kappa shape index (κ2) is 8.78. The van der Waals surface area contributed by atoms with Crippen LogP contribution in [0.25, 0.3) is 0 Å². The molecular formula is C18H28N2O4. The second-order valence-corrected chi connectivity index (χ2v) is 6.14. The van der Waals surface area contributed by atoms with Crippen molar-refractivity contribution in [3.63, 3.8) is 0 Å². The third kappa shape index (κ3) is 4.32. The molecule has 0 aromatic heterocycles. The highest BCUT2D eigenvalue weighted by atomic mass is 16.5. The van der Waals surface area contributed by atoms with Gasteiger partial charge in [-0.3, -0.25) is 4.79 Å². The van der Waals surface area contributed by atoms with Gasteiger partial charge in [-0.2, -0.15) is 0 Å². The molecule has 1 aliphatic rings. The van der Waals surface area contributed by atoms with E-state index < -0.39 is 0 Å². The number of amides is 1. The second-order valence-electron chi connectivity index (χ2n) is 6.14. The maximum atomic E-state index is 12.3. The van der Waals surface area contributed by atoms with Crippen molar-refractivity contribution in [2.75, 3.05) is 34.4 Å². The van der Waals surface area contributed by atoms with Crippen LogP contribution in [0.15, 0.2) is 12.1 Å². The van der Waals surface area contributed by atoms with Crippen LogP contribution < -0.4 is 24.8 Å². The first kappa shape index (κ1) is 18.4. The van der Waals surface area contributed by atoms with Gasteiger partial charge in [0.2, 0.25) is 11.7 Å². The van der Waals surface area contributed by atoms with Crippen LogP contribution in [0.1, 0.15) is 25.3 Å². The molecule has 1 aromatic carbocycles. The summed E-state index contributed by atoms with van der Waals surface area (Å²) >= 11 is 0. The number of piperidine rings is 1. The summed E-state index contributed by atoms with van der Waals surface area (Å²) in [5, 5.41) is 6.45. The smallest absolute Gasteiger partial charge is 0.220 e. The summed E-state index contributed by atoms with van der Waals surface area (Å²) in [6, 6.07) is 3.96. The minimum atomic E-state index is 0.0624. The molecular weight excluding hydrogens is 308 g/mol. The molecule has 2 unspecified atom stereocenters. The molecule has 0 radical (unpaired) electrons. The van der Waals surface area contributed by atoms with Crippen molar-refractivity contribution >= 4 is 5.91 Å². The average Bonchev–Trinajstić information content (AvgIpc) is 2.60. The number of ether oxygens (including phenoxy) is 3. The summed E-state index contributed by atoms with van der Waals surface area (Å²) in [4.78, 5) is 12.3. The molecule has 2 N–H and O–H groups in total. The van der Waals surface area contributed by atoms with Crippen LogP contribution in [0.5, 0.6) is 17.2 Å². The van der Waals surface area contributed by atoms with Crippen molar-refractivity contribution in [3.05, 3.63) is 17.7 Å². The predicted molar refractivity (Wildman–Crippen MR) is 93.0 cm³/mol. The fraction of sp³-hybridized carbons (Fsp3) is 0.611. The minimum absolute atomic E-state index is 0.0624. The molecule has 6 heteroatoms. The van der Waals surface area contributed by atoms with E-state index in [9.17, 15) is 4.79 Å². The maximum absolute atomic E-state index is 12.3. The summed E-state index contributed by atoms with van der Waals surface area (Å²) in [5.74, 6) is 2.36. The summed E-state index contributed by atoms with van der Waals surface area (Å²) in [5.41, 5.74) is 0.931. The first-order chi connectivity index (χ1) is 11.6. The number of methoxy groups -OCH3 is 3. The Balaban J connectivity index is 1.99. The van der Waals surface area contributed by atoms with E-state index in [1.165, 1.54) is 0 Å². The number of nitrogens with one attached hydrogen (secondary N) is 2. The highest BCUT2D eigenvalue weighted by Crippen LogP contribution is 2.40. The number of carbonyl (C=O) groups is 1. The van der Waals surface area contributed by atoms with Gasteiger partial charge < -0.3 is 24.8 Å². The van der Waals surface area contributed by atoms with Crippen molar-refractivity contribution in [1.82, 2.24) is 10.6 Å². The van der Waals surface area contributed by atoms with Gasteiger partial charge in [-0.25, -0.2) is 0 Å². The van der Waals surface area contributed by atoms with Crippen LogP contribution >= 0.6 is 0 Å². The number of hydrogen-bond acceptors (Lipinski definition) is 5. The lowest BCUT2D eigenvalue weighted by Gasteiger charge is -2.30. The molecule has 1 aliphatic heterocycles. The Morgan fingerprint density at radius 3 is 2.58 bits per heavy atom. The van der Waals surface area contributed by atoms with Gasteiger partial charge in [0, 0.05) is 19.0 Å². The Bertz CT molecular complexity index is 562. The first-order valence-corrected chi connectivity index (χ1v) is 8.38. The summed E-state index contributed by atoms with van der Waals surface area (Å²) < 4.78 is 16.1. The van der Waals surface area contributed by atoms with Crippen LogP contribution in [0.2, 0.25) is 0 Å². The third-order valence-corrected chi connectivity index (χ3v) is 4.58. The molecule has 1 amide bonds. The molecule has 0 aliphatic carbocycles. The number of carbonyl (C=O) groups excluding carboxylic acids is 1. The van der Waals surface area contributed by atoms with E-state index in [4.69, 9.17) is 14.2 Å². The summed E-state index contributed by atoms with van der Waals surface area (Å²) in [6.45, 7) is 4.05. The van der Waals surface area contributed by atoms with Crippen LogP contribution in [-0.2, 0) is 11.2 Å². The minimum Gasteiger partial charge on any atom is -0.493 e. The van der Waals surface area contributed by atoms with E-state index in [-0.39, 0.29) is 11.9 Å². The Hall–Kier alpha value is -1.95. The lowest BCUT2D eigenvalue weighted by molar-refractivity contribution is -0.122. The fourth-order valence-electron chi connectivity index (χ4n) is 3.07. The van der Waals surface area contributed by atoms with Crippen LogP contribution in [0.4, 0.5) is 0 Å². The molecule has 2 atom stereocenters. The van der Waals surface area contributed by atoms with Gasteiger partial charge in [0.15, 0.2) is 11.5 Å². The topological polar surface area (TPSA) is 68.8 Å². The Morgan fingerprint density at radius 1 is 1.21 bits per heavy atom. The van der Waals surface area contributed by atoms with E-state index in [0.717, 1.165) is 25.1 Å². The van der Waals surface area contributed by atoms with Gasteiger partial charge in [0.25, 0.3) is 0 Å². The van der Waals surface area contributed by atoms with Gasteiger partial charge in [-0.15, -0.1) is 0 Å². The van der Waals surface area contributed by atoms with Crippen molar-refractivity contribution in [2.24, 2.45) is 5.92 Å². The van der Waals surface area contributed by atoms with Crippen LogP contribution in [-0.4, -0.2) is 46.4 Å². The van der Waals surface area contributed by atoms with Crippen LogP contribution in [0.3, 0.4) is 0 Å². The Morgan fingerprint density at radius 2 is 1.96 bits per heavy atom. The molecule has 0 saturated carbocycles. The Kier molecular flexibility index (Phi) is 6.73. The molecule has 0 bridgehead atoms. The van der Waals surface area contributed by atoms with Crippen molar-refractivity contribution in [1.29, 1.82) is 0 Å². The highest BCUT2D eigenvalue weighted by molar-refractivity contribution is 5.76. The number of benzene rings is 1. The van der Waals surface area contributed by atoms with E-state index in [0.29, 0.717) is 36.0 Å². The number of rotatable bonds is 7. The number of aryl methyl sites for hydroxylation is 1. The predicted octanol–water partition coefficient (Wildman–Crippen LogP) is 1.76. The molecule has 24 heavy (non-hydrogen) atoms. The van der Waals surface area contributed by atoms with Crippen molar-refractivity contribution in [2.45, 2.75) is 32.2 Å². The maximum Gasteiger partial charge on any atom is 0.220 e. The van der Waals surface area contributed by atoms with Gasteiger partial charge in [-0.1, -0.05) is 13.0 Å². The van der Waals surface area contributed by atoms with E-state index in [2.05, 4.69) is 17.6 Å². The van der Waals surface area contributed by atoms with Gasteiger partial charge >= 0.3 is 0 Å². The average molecular weight is 336 g/mol. The molecule has 0 spiro atoms. The molecule has 134 valence electrons. The molecule has 1 saturated heterocycles. The normalized spacial score (nSPS) is 20.3. The first-order valence-electron chi connectivity index (χ1n) is 8.38. The number of hydrogen-bond donors (Lipinski definition) is 2. The van der Waals surface area contributed by atoms with Gasteiger partial charge in [-0.05, 0) is 36.9 Å². The molecule has 2 rings (SSSR count). The van der Waals surface area contributed by atoms with E-state index >= 15 is 0 Å². The molecule has 6 nitrogen and oxygen atoms in total. The third-order valence-electron chi connectivity index (χ3n) is 4.58. The molecule has 1 aromatic rings. The summed E-state index contributed by atoms with van der Waals surface area (Å²) in [6.07, 6.45) is 2.09. The SMILES string of the molecule is COc1ccc(CCC(=O)NC2CNCCC2C)c(OC)c1OC. The Labute approximate surface area is 143 Å². The van der Waals surface area contributed by atoms with Gasteiger partial charge in [0.05, 0.1) is 21.3 Å². The summed E-state index contributed by atoms with van der Waals surface area (Å²) in [7, 11) is 4.76. The zero-order valence-corrected chi connectivity index (χ0v) is 15.0. The molecule has 1 heterocycles.